The predicted molar refractivity (Wildman–Crippen MR) is 604 cm³/mol. The van der Waals surface area contributed by atoms with Crippen LogP contribution >= 0.6 is 22.7 Å². The molecule has 0 radical (unpaired) electrons. The maximum atomic E-state index is 6.20. The Morgan fingerprint density at radius 2 is 0.392 bits per heavy atom. The van der Waals surface area contributed by atoms with Crippen LogP contribution in [-0.4, -0.2) is 9.13 Å². The van der Waals surface area contributed by atoms with Gasteiger partial charge in [-0.3, -0.25) is 0 Å². The first-order valence-corrected chi connectivity index (χ1v) is 51.5. The summed E-state index contributed by atoms with van der Waals surface area (Å²) in [5, 5.41) is 20.3. The lowest BCUT2D eigenvalue weighted by atomic mass is 9.81. The molecule has 0 saturated heterocycles. The molecule has 8 heterocycles. The number of nitrogens with zero attached hydrogens (tertiary/aromatic N) is 2. The molecule has 5 aliphatic rings. The van der Waals surface area contributed by atoms with Crippen LogP contribution in [0.25, 0.3) is 239 Å². The molecule has 0 atom stereocenters. The summed E-state index contributed by atoms with van der Waals surface area (Å²) >= 11 is 3.79. The van der Waals surface area contributed by atoms with Crippen LogP contribution in [-0.2, 0) is 27.1 Å². The molecular formula is C135H96N2O4S2. The van der Waals surface area contributed by atoms with Gasteiger partial charge in [0.25, 0.3) is 0 Å². The van der Waals surface area contributed by atoms with Crippen molar-refractivity contribution < 1.29 is 17.7 Å². The molecule has 0 bridgehead atoms. The van der Waals surface area contributed by atoms with Crippen LogP contribution in [0.1, 0.15) is 125 Å². The van der Waals surface area contributed by atoms with Crippen LogP contribution in [0.4, 0.5) is 0 Å². The maximum absolute atomic E-state index is 6.20. The first-order valence-electron chi connectivity index (χ1n) is 49.9. The standard InChI is InChI=1S/C33H23NS.C27H21N.C27H18O2.C27H18OS.C21H16O/c1-33(2)27-16-25-21-12-6-8-14-29(21)34(20-10-4-3-5-11-20)30(25)18-23(27)24-19-32-26(17-28(24)33)22-13-7-9-15-31(22)35-32;1-27(2)23-14-8-6-12-19(23)21-17-26-22(16-24(21)27)20-13-7-9-15-25(20)28(26)18-10-4-3-5-11-18;1-27(2)21-11-19-15-7-3-5-9-23(15)28-25(19)13-17(21)18-14-26-20(12-22(18)27)16-8-4-6-10-24(16)29-26;1-27(2)21-11-19-15-7-3-5-9-23(15)28-24(19)13-17(21)18-14-26-20(12-22(18)27)16-8-4-6-10-25(16)29-26;1-21(2)17-9-5-3-7-13(17)15-12-20-16(11-18(15)21)14-8-4-6-10-19(14)22-20/h3-19H,1-2H3;3-17H,1-2H3;2*3-14H,1-2H3;3-12H,1-2H3. The average molecular weight is 1870 g/mol. The Morgan fingerprint density at radius 3 is 0.734 bits per heavy atom. The quantitative estimate of drug-likeness (QED) is 0.173. The minimum absolute atomic E-state index is 0.0239. The van der Waals surface area contributed by atoms with E-state index in [-0.39, 0.29) is 27.1 Å². The van der Waals surface area contributed by atoms with Gasteiger partial charge in [0.1, 0.15) is 44.7 Å². The Hall–Kier alpha value is -16.4. The monoisotopic (exact) mass is 1870 g/mol. The van der Waals surface area contributed by atoms with Crippen LogP contribution in [0, 0.1) is 0 Å². The highest BCUT2D eigenvalue weighted by Crippen LogP contribution is 2.60. The second-order valence-electron chi connectivity index (χ2n) is 42.4. The summed E-state index contributed by atoms with van der Waals surface area (Å²) in [6, 6.07) is 145. The number of hydrogen-bond donors (Lipinski definition) is 0. The molecule has 143 heavy (non-hydrogen) atoms. The summed E-state index contributed by atoms with van der Waals surface area (Å²) in [4.78, 5) is 0. The number of para-hydroxylation sites is 8. The van der Waals surface area contributed by atoms with Crippen LogP contribution in [0.2, 0.25) is 0 Å². The molecule has 0 amide bonds. The van der Waals surface area contributed by atoms with E-state index < -0.39 is 0 Å². The molecule has 0 unspecified atom stereocenters. The number of rotatable bonds is 2. The minimum Gasteiger partial charge on any atom is -0.456 e. The maximum Gasteiger partial charge on any atom is 0.136 e. The van der Waals surface area contributed by atoms with E-state index in [1.807, 2.05) is 65.1 Å². The Morgan fingerprint density at radius 1 is 0.154 bits per heavy atom. The van der Waals surface area contributed by atoms with E-state index in [0.29, 0.717) is 0 Å². The van der Waals surface area contributed by atoms with E-state index >= 15 is 0 Å². The Labute approximate surface area is 834 Å². The molecule has 682 valence electrons. The number of hydrogen-bond acceptors (Lipinski definition) is 6. The molecule has 0 spiro atoms. The zero-order chi connectivity index (χ0) is 95.7. The van der Waals surface area contributed by atoms with Crippen LogP contribution in [0.15, 0.2) is 418 Å². The minimum atomic E-state index is -0.0796. The molecule has 0 N–H and O–H groups in total. The van der Waals surface area contributed by atoms with Crippen molar-refractivity contribution in [3.05, 3.63) is 456 Å². The molecule has 8 aromatic heterocycles. The van der Waals surface area contributed by atoms with E-state index in [0.717, 1.165) is 44.7 Å². The largest absolute Gasteiger partial charge is 0.456 e. The predicted octanol–water partition coefficient (Wildman–Crippen LogP) is 38.5. The van der Waals surface area contributed by atoms with Gasteiger partial charge in [-0.25, -0.2) is 0 Å². The molecule has 8 heteroatoms. The van der Waals surface area contributed by atoms with E-state index in [1.54, 1.807) is 0 Å². The number of thiophene rings is 2. The van der Waals surface area contributed by atoms with Crippen molar-refractivity contribution in [3.63, 3.8) is 0 Å². The summed E-state index contributed by atoms with van der Waals surface area (Å²) in [7, 11) is 0. The zero-order valence-corrected chi connectivity index (χ0v) is 82.6. The van der Waals surface area contributed by atoms with Crippen LogP contribution in [0.3, 0.4) is 0 Å². The first kappa shape index (κ1) is 83.6. The van der Waals surface area contributed by atoms with Gasteiger partial charge >= 0.3 is 0 Å². The lowest BCUT2D eigenvalue weighted by Crippen LogP contribution is -2.14. The third-order valence-corrected chi connectivity index (χ3v) is 35.1. The molecule has 20 aromatic carbocycles. The van der Waals surface area contributed by atoms with Crippen molar-refractivity contribution in [2.75, 3.05) is 0 Å². The Bertz CT molecular complexity index is 9860. The van der Waals surface area contributed by atoms with Crippen molar-refractivity contribution in [2.45, 2.75) is 96.3 Å². The normalized spacial score (nSPS) is 14.6. The highest BCUT2D eigenvalue weighted by molar-refractivity contribution is 7.26. The Balaban J connectivity index is 0.0000000858. The Kier molecular flexibility index (Phi) is 17.7. The third-order valence-electron chi connectivity index (χ3n) is 32.8. The number of benzene rings is 20. The molecule has 0 aliphatic heterocycles. The van der Waals surface area contributed by atoms with Crippen molar-refractivity contribution >= 4 is 194 Å². The molecule has 0 fully saturated rings. The van der Waals surface area contributed by atoms with Gasteiger partial charge in [-0.2, -0.15) is 0 Å². The van der Waals surface area contributed by atoms with Gasteiger partial charge < -0.3 is 26.8 Å². The molecular weight excluding hydrogens is 1780 g/mol. The smallest absolute Gasteiger partial charge is 0.136 e. The fourth-order valence-electron chi connectivity index (χ4n) is 25.5. The van der Waals surface area contributed by atoms with Gasteiger partial charge in [-0.05, 0) is 281 Å². The number of aromatic nitrogens is 2. The lowest BCUT2D eigenvalue weighted by Gasteiger charge is -2.21. The molecule has 0 saturated carbocycles. The highest BCUT2D eigenvalue weighted by atomic mass is 32.1. The summed E-state index contributed by atoms with van der Waals surface area (Å²) in [6.45, 7) is 23.4. The zero-order valence-electron chi connectivity index (χ0n) is 80.9. The summed E-state index contributed by atoms with van der Waals surface area (Å²) in [6.07, 6.45) is 0. The molecule has 6 nitrogen and oxygen atoms in total. The topological polar surface area (TPSA) is 62.4 Å². The average Bonchev–Trinajstić information content (AvgIpc) is 1.53. The number of furan rings is 4. The molecule has 33 rings (SSSR count). The first-order chi connectivity index (χ1) is 69.6. The summed E-state index contributed by atoms with van der Waals surface area (Å²) < 4.78 is 34.9. The van der Waals surface area contributed by atoms with Crippen molar-refractivity contribution in [1.82, 2.24) is 9.13 Å². The van der Waals surface area contributed by atoms with Crippen molar-refractivity contribution in [3.8, 4) is 67.0 Å². The van der Waals surface area contributed by atoms with Crippen LogP contribution < -0.4 is 0 Å². The highest BCUT2D eigenvalue weighted by Gasteiger charge is 2.43. The summed E-state index contributed by atoms with van der Waals surface area (Å²) in [5.74, 6) is 0. The van der Waals surface area contributed by atoms with Crippen molar-refractivity contribution in [2.24, 2.45) is 0 Å². The van der Waals surface area contributed by atoms with Gasteiger partial charge in [0.05, 0.1) is 22.1 Å². The fraction of sp³-hybridized carbons (Fsp3) is 0.111. The van der Waals surface area contributed by atoms with Gasteiger partial charge in [-0.15, -0.1) is 22.7 Å². The van der Waals surface area contributed by atoms with Gasteiger partial charge in [-0.1, -0.05) is 300 Å². The van der Waals surface area contributed by atoms with E-state index in [1.165, 1.54) is 250 Å². The molecule has 5 aliphatic carbocycles. The van der Waals surface area contributed by atoms with Crippen molar-refractivity contribution in [1.29, 1.82) is 0 Å². The van der Waals surface area contributed by atoms with Gasteiger partial charge in [0.2, 0.25) is 0 Å². The van der Waals surface area contributed by atoms with E-state index in [4.69, 9.17) is 17.7 Å². The van der Waals surface area contributed by atoms with Gasteiger partial charge in [0.15, 0.2) is 0 Å². The fourth-order valence-corrected chi connectivity index (χ4v) is 27.8. The van der Waals surface area contributed by atoms with Gasteiger partial charge in [0, 0.05) is 143 Å². The van der Waals surface area contributed by atoms with Crippen LogP contribution in [0.5, 0.6) is 0 Å². The third kappa shape index (κ3) is 12.1. The molecule has 28 aromatic rings. The van der Waals surface area contributed by atoms with E-state index in [9.17, 15) is 0 Å². The SMILES string of the molecule is CC1(C)c2cc3c(cc2-c2cc4c(cc21)c1ccccc1n4-c1ccccc1)sc1ccccc13.CC1(C)c2cc3c(cc2-c2cc4oc5ccccc5c4cc21)oc1ccccc13.CC1(C)c2cc3c(cc2-c2cc4sc5ccccc5c4cc21)oc1ccccc13.CC1(C)c2ccccc2-c2cc3c(cc21)c1ccccc1n3-c1ccccc1.CC1(C)c2ccccc2-c2cc3oc4ccccc4c3cc21. The summed E-state index contributed by atoms with van der Waals surface area (Å²) in [5.41, 5.74) is 42.4. The lowest BCUT2D eigenvalue weighted by molar-refractivity contribution is 0.656. The second kappa shape index (κ2) is 30.3. The second-order valence-corrected chi connectivity index (χ2v) is 44.5. The van der Waals surface area contributed by atoms with E-state index in [2.05, 4.69) is 436 Å². The number of fused-ring (bicyclic) bond motifs is 39.